The minimum absolute atomic E-state index is 0.491. The summed E-state index contributed by atoms with van der Waals surface area (Å²) in [4.78, 5) is 2.35. The molecule has 0 aromatic heterocycles. The number of hydrogen-bond acceptors (Lipinski definition) is 5. The van der Waals surface area contributed by atoms with Crippen LogP contribution in [0.5, 0.6) is 0 Å². The maximum Gasteiger partial charge on any atom is 0.388 e. The summed E-state index contributed by atoms with van der Waals surface area (Å²) in [5, 5.41) is 0. The standard InChI is InChI=1S/C10H24NO3PS/c1-9(2)11(10(3)4)7-8-16-15(12,13-5)14-6/h9-10H,7-8H2,1-6H3. The van der Waals surface area contributed by atoms with Crippen molar-refractivity contribution < 1.29 is 13.6 Å². The van der Waals surface area contributed by atoms with Crippen LogP contribution in [0.1, 0.15) is 27.7 Å². The molecule has 0 N–H and O–H groups in total. The summed E-state index contributed by atoms with van der Waals surface area (Å²) in [6.45, 7) is 6.63. The quantitative estimate of drug-likeness (QED) is 0.632. The van der Waals surface area contributed by atoms with E-state index in [0.717, 1.165) is 12.3 Å². The molecule has 0 amide bonds. The Hall–Kier alpha value is 0.460. The van der Waals surface area contributed by atoms with Gasteiger partial charge in [0.2, 0.25) is 0 Å². The molecule has 0 atom stereocenters. The van der Waals surface area contributed by atoms with Gasteiger partial charge in [-0.25, -0.2) is 4.57 Å². The fourth-order valence-corrected chi connectivity index (χ4v) is 3.97. The van der Waals surface area contributed by atoms with Gasteiger partial charge in [0.15, 0.2) is 0 Å². The Morgan fingerprint density at radius 3 is 1.88 bits per heavy atom. The van der Waals surface area contributed by atoms with Gasteiger partial charge < -0.3 is 9.05 Å². The first kappa shape index (κ1) is 16.5. The van der Waals surface area contributed by atoms with Crippen LogP contribution in [0.2, 0.25) is 0 Å². The van der Waals surface area contributed by atoms with Crippen molar-refractivity contribution in [3.05, 3.63) is 0 Å². The molecule has 4 nitrogen and oxygen atoms in total. The third-order valence-corrected chi connectivity index (χ3v) is 6.34. The topological polar surface area (TPSA) is 38.8 Å². The summed E-state index contributed by atoms with van der Waals surface area (Å²) >= 11 is 1.26. The molecule has 0 aromatic rings. The predicted molar refractivity (Wildman–Crippen MR) is 71.1 cm³/mol. The minimum Gasteiger partial charge on any atom is -0.304 e. The van der Waals surface area contributed by atoms with E-state index in [0.29, 0.717) is 12.1 Å². The first-order valence-electron chi connectivity index (χ1n) is 5.48. The van der Waals surface area contributed by atoms with Crippen molar-refractivity contribution in [2.75, 3.05) is 26.5 Å². The molecular formula is C10H24NO3PS. The molecule has 0 saturated heterocycles. The molecule has 0 radical (unpaired) electrons. The molecule has 6 heteroatoms. The van der Waals surface area contributed by atoms with E-state index in [1.54, 1.807) is 0 Å². The third-order valence-electron chi connectivity index (χ3n) is 2.37. The van der Waals surface area contributed by atoms with Crippen molar-refractivity contribution in [1.82, 2.24) is 4.90 Å². The molecule has 0 bridgehead atoms. The van der Waals surface area contributed by atoms with Crippen LogP contribution >= 0.6 is 18.2 Å². The molecule has 0 aromatic carbocycles. The van der Waals surface area contributed by atoms with Crippen molar-refractivity contribution in [3.8, 4) is 0 Å². The Balaban J connectivity index is 4.09. The average Bonchev–Trinajstić information content (AvgIpc) is 2.23. The Morgan fingerprint density at radius 1 is 1.12 bits per heavy atom. The van der Waals surface area contributed by atoms with Crippen LogP contribution in [0.4, 0.5) is 0 Å². The fraction of sp³-hybridized carbons (Fsp3) is 1.00. The predicted octanol–water partition coefficient (Wildman–Crippen LogP) is 3.24. The molecule has 0 fully saturated rings. The zero-order valence-corrected chi connectivity index (χ0v) is 12.8. The molecule has 98 valence electrons. The van der Waals surface area contributed by atoms with E-state index in [1.165, 1.54) is 25.6 Å². The Morgan fingerprint density at radius 2 is 1.56 bits per heavy atom. The number of rotatable bonds is 8. The zero-order chi connectivity index (χ0) is 12.8. The SMILES string of the molecule is COP(=O)(OC)SCCN(C(C)C)C(C)C. The van der Waals surface area contributed by atoms with Crippen LogP contribution in [-0.2, 0) is 13.6 Å². The lowest BCUT2D eigenvalue weighted by Gasteiger charge is -2.30. The second-order valence-corrected chi connectivity index (χ2v) is 8.48. The van der Waals surface area contributed by atoms with E-state index in [-0.39, 0.29) is 0 Å². The van der Waals surface area contributed by atoms with Gasteiger partial charge in [0.1, 0.15) is 0 Å². The first-order valence-corrected chi connectivity index (χ1v) is 8.61. The molecule has 0 spiro atoms. The van der Waals surface area contributed by atoms with E-state index < -0.39 is 6.80 Å². The van der Waals surface area contributed by atoms with Crippen molar-refractivity contribution in [1.29, 1.82) is 0 Å². The van der Waals surface area contributed by atoms with Crippen LogP contribution in [0.15, 0.2) is 0 Å². The Labute approximate surface area is 103 Å². The number of hydrogen-bond donors (Lipinski definition) is 0. The fourth-order valence-electron chi connectivity index (χ4n) is 1.55. The van der Waals surface area contributed by atoms with E-state index in [4.69, 9.17) is 9.05 Å². The highest BCUT2D eigenvalue weighted by Gasteiger charge is 2.22. The van der Waals surface area contributed by atoms with Gasteiger partial charge in [0, 0.05) is 38.6 Å². The maximum absolute atomic E-state index is 11.8. The highest BCUT2D eigenvalue weighted by atomic mass is 32.7. The maximum atomic E-state index is 11.8. The van der Waals surface area contributed by atoms with Crippen LogP contribution in [0.3, 0.4) is 0 Å². The van der Waals surface area contributed by atoms with Crippen molar-refractivity contribution in [2.24, 2.45) is 0 Å². The van der Waals surface area contributed by atoms with Crippen molar-refractivity contribution in [3.63, 3.8) is 0 Å². The van der Waals surface area contributed by atoms with Crippen molar-refractivity contribution >= 4 is 18.2 Å². The summed E-state index contributed by atoms with van der Waals surface area (Å²) in [6.07, 6.45) is 0. The largest absolute Gasteiger partial charge is 0.388 e. The van der Waals surface area contributed by atoms with E-state index in [2.05, 4.69) is 32.6 Å². The lowest BCUT2D eigenvalue weighted by molar-refractivity contribution is 0.187. The second-order valence-electron chi connectivity index (χ2n) is 4.07. The van der Waals surface area contributed by atoms with Gasteiger partial charge in [-0.3, -0.25) is 4.90 Å². The Kier molecular flexibility index (Phi) is 7.94. The second kappa shape index (κ2) is 7.72. The monoisotopic (exact) mass is 269 g/mol. The lowest BCUT2D eigenvalue weighted by atomic mass is 10.2. The van der Waals surface area contributed by atoms with E-state index in [9.17, 15) is 4.57 Å². The van der Waals surface area contributed by atoms with E-state index in [1.807, 2.05) is 0 Å². The van der Waals surface area contributed by atoms with E-state index >= 15 is 0 Å². The average molecular weight is 269 g/mol. The summed E-state index contributed by atoms with van der Waals surface area (Å²) in [7, 11) is 2.83. The van der Waals surface area contributed by atoms with Gasteiger partial charge >= 0.3 is 6.80 Å². The third kappa shape index (κ3) is 5.69. The number of nitrogens with zero attached hydrogens (tertiary/aromatic N) is 1. The lowest BCUT2D eigenvalue weighted by Crippen LogP contribution is -2.38. The molecule has 0 unspecified atom stereocenters. The zero-order valence-electron chi connectivity index (χ0n) is 11.1. The van der Waals surface area contributed by atoms with Gasteiger partial charge in [-0.05, 0) is 39.1 Å². The summed E-state index contributed by atoms with van der Waals surface area (Å²) in [5.41, 5.74) is 0. The molecule has 0 aliphatic rings. The molecule has 0 aliphatic carbocycles. The smallest absolute Gasteiger partial charge is 0.304 e. The first-order chi connectivity index (χ1) is 7.36. The van der Waals surface area contributed by atoms with Gasteiger partial charge in [0.25, 0.3) is 0 Å². The summed E-state index contributed by atoms with van der Waals surface area (Å²) in [6, 6.07) is 0.982. The van der Waals surface area contributed by atoms with Crippen LogP contribution in [0.25, 0.3) is 0 Å². The van der Waals surface area contributed by atoms with Crippen LogP contribution < -0.4 is 0 Å². The molecule has 0 aliphatic heterocycles. The normalized spacial score (nSPS) is 13.1. The van der Waals surface area contributed by atoms with Crippen LogP contribution in [0, 0.1) is 0 Å². The Bertz CT molecular complexity index is 220. The summed E-state index contributed by atoms with van der Waals surface area (Å²) < 4.78 is 21.5. The van der Waals surface area contributed by atoms with Crippen LogP contribution in [-0.4, -0.2) is 43.5 Å². The highest BCUT2D eigenvalue weighted by Crippen LogP contribution is 2.59. The summed E-state index contributed by atoms with van der Waals surface area (Å²) in [5.74, 6) is 0.745. The minimum atomic E-state index is -2.91. The molecule has 0 heterocycles. The molecular weight excluding hydrogens is 245 g/mol. The van der Waals surface area contributed by atoms with Gasteiger partial charge in [-0.15, -0.1) is 0 Å². The van der Waals surface area contributed by atoms with Crippen molar-refractivity contribution in [2.45, 2.75) is 39.8 Å². The van der Waals surface area contributed by atoms with Gasteiger partial charge in [-0.1, -0.05) is 0 Å². The highest BCUT2D eigenvalue weighted by molar-refractivity contribution is 8.55. The molecule has 0 rings (SSSR count). The molecule has 0 saturated carbocycles. The molecule has 16 heavy (non-hydrogen) atoms. The van der Waals surface area contributed by atoms with Gasteiger partial charge in [-0.2, -0.15) is 0 Å². The van der Waals surface area contributed by atoms with Gasteiger partial charge in [0.05, 0.1) is 0 Å².